The molecule has 0 saturated carbocycles. The Balaban J connectivity index is 1.26. The lowest BCUT2D eigenvalue weighted by Gasteiger charge is -2.32. The number of carbonyl (C=O) groups excluding carboxylic acids is 1. The van der Waals surface area contributed by atoms with Crippen molar-refractivity contribution in [2.75, 3.05) is 9.80 Å². The van der Waals surface area contributed by atoms with Crippen LogP contribution in [0.4, 0.5) is 34.1 Å². The third-order valence-electron chi connectivity index (χ3n) is 8.35. The molecule has 1 aliphatic carbocycles. The SMILES string of the molecule is O=C1C(c2c(O)cc(N(c3ccccc3)c3ccccc3)cc2O)=C(O)C1c1c(O)cc(N(c2ccccc2)c2ccccc2)cc1O. The second kappa shape index (κ2) is 12.3. The van der Waals surface area contributed by atoms with Gasteiger partial charge < -0.3 is 35.3 Å². The number of Topliss-reactive ketones (excluding diaryl/α,β-unsaturated/α-hetero) is 1. The number of carbonyl (C=O) groups is 1. The normalized spacial score (nSPS) is 14.0. The van der Waals surface area contributed by atoms with Crippen molar-refractivity contribution in [3.05, 3.63) is 162 Å². The maximum atomic E-state index is 13.6. The first-order valence-corrected chi connectivity index (χ1v) is 15.2. The second-order valence-corrected chi connectivity index (χ2v) is 11.3. The summed E-state index contributed by atoms with van der Waals surface area (Å²) in [5.74, 6) is -4.26. The largest absolute Gasteiger partial charge is 0.510 e. The van der Waals surface area contributed by atoms with Gasteiger partial charge in [0.05, 0.1) is 28.1 Å². The molecule has 0 fully saturated rings. The smallest absolute Gasteiger partial charge is 0.182 e. The summed E-state index contributed by atoms with van der Waals surface area (Å²) in [7, 11) is 0. The fourth-order valence-corrected chi connectivity index (χ4v) is 6.20. The summed E-state index contributed by atoms with van der Waals surface area (Å²) in [6, 6.07) is 43.2. The lowest BCUT2D eigenvalue weighted by molar-refractivity contribution is -0.116. The van der Waals surface area contributed by atoms with E-state index in [4.69, 9.17) is 0 Å². The number of nitrogens with zero attached hydrogens (tertiary/aromatic N) is 2. The Kier molecular flexibility index (Phi) is 7.67. The average molecular weight is 635 g/mol. The van der Waals surface area contributed by atoms with E-state index in [1.54, 1.807) is 0 Å². The van der Waals surface area contributed by atoms with Gasteiger partial charge in [-0.05, 0) is 48.5 Å². The first-order chi connectivity index (χ1) is 23.3. The third-order valence-corrected chi connectivity index (χ3v) is 8.35. The summed E-state index contributed by atoms with van der Waals surface area (Å²) in [4.78, 5) is 17.3. The Hall–Kier alpha value is -6.67. The number of rotatable bonds is 8. The van der Waals surface area contributed by atoms with E-state index in [1.165, 1.54) is 24.3 Å². The quantitative estimate of drug-likeness (QED) is 0.112. The minimum atomic E-state index is -1.40. The van der Waals surface area contributed by atoms with Gasteiger partial charge >= 0.3 is 0 Å². The van der Waals surface area contributed by atoms with Crippen LogP contribution >= 0.6 is 0 Å². The van der Waals surface area contributed by atoms with Crippen LogP contribution in [0.3, 0.4) is 0 Å². The van der Waals surface area contributed by atoms with Crippen LogP contribution in [0, 0.1) is 0 Å². The lowest BCUT2D eigenvalue weighted by atomic mass is 9.74. The fraction of sp³-hybridized carbons (Fsp3) is 0.0250. The number of para-hydroxylation sites is 4. The number of hydrogen-bond donors (Lipinski definition) is 5. The van der Waals surface area contributed by atoms with Gasteiger partial charge in [0.2, 0.25) is 0 Å². The molecule has 0 aliphatic heterocycles. The molecule has 8 nitrogen and oxygen atoms in total. The minimum absolute atomic E-state index is 0.180. The predicted molar refractivity (Wildman–Crippen MR) is 186 cm³/mol. The van der Waals surface area contributed by atoms with Crippen molar-refractivity contribution in [3.8, 4) is 23.0 Å². The molecule has 0 heterocycles. The highest BCUT2D eigenvalue weighted by Gasteiger charge is 2.46. The molecule has 0 saturated heterocycles. The molecule has 8 heteroatoms. The van der Waals surface area contributed by atoms with E-state index in [1.807, 2.05) is 131 Å². The number of aromatic hydroxyl groups is 4. The summed E-state index contributed by atoms with van der Waals surface area (Å²) in [6.45, 7) is 0. The van der Waals surface area contributed by atoms with Gasteiger partial charge in [0.15, 0.2) is 5.78 Å². The molecule has 1 unspecified atom stereocenters. The van der Waals surface area contributed by atoms with E-state index < -0.39 is 40.5 Å². The van der Waals surface area contributed by atoms with E-state index in [0.29, 0.717) is 11.4 Å². The Morgan fingerprint density at radius 2 is 0.729 bits per heavy atom. The Morgan fingerprint density at radius 1 is 0.417 bits per heavy atom. The van der Waals surface area contributed by atoms with Crippen molar-refractivity contribution in [3.63, 3.8) is 0 Å². The molecule has 6 aromatic rings. The second-order valence-electron chi connectivity index (χ2n) is 11.3. The zero-order valence-electron chi connectivity index (χ0n) is 25.5. The summed E-state index contributed by atoms with van der Waals surface area (Å²) < 4.78 is 0. The summed E-state index contributed by atoms with van der Waals surface area (Å²) >= 11 is 0. The zero-order valence-corrected chi connectivity index (χ0v) is 25.5. The van der Waals surface area contributed by atoms with Crippen LogP contribution in [-0.2, 0) is 4.79 Å². The maximum absolute atomic E-state index is 13.6. The van der Waals surface area contributed by atoms with E-state index in [9.17, 15) is 30.3 Å². The predicted octanol–water partition coefficient (Wildman–Crippen LogP) is 9.08. The monoisotopic (exact) mass is 634 g/mol. The van der Waals surface area contributed by atoms with Crippen molar-refractivity contribution in [2.45, 2.75) is 5.92 Å². The average Bonchev–Trinajstić information content (AvgIpc) is 3.10. The Morgan fingerprint density at radius 3 is 1.04 bits per heavy atom. The maximum Gasteiger partial charge on any atom is 0.182 e. The van der Waals surface area contributed by atoms with Crippen molar-refractivity contribution in [2.24, 2.45) is 0 Å². The first kappa shape index (κ1) is 30.0. The molecular formula is C40H30N2O6. The molecule has 0 bridgehead atoms. The van der Waals surface area contributed by atoms with Crippen LogP contribution in [-0.4, -0.2) is 31.3 Å². The van der Waals surface area contributed by atoms with Crippen molar-refractivity contribution >= 4 is 45.5 Å². The highest BCUT2D eigenvalue weighted by Crippen LogP contribution is 2.54. The molecule has 1 aliphatic rings. The summed E-state index contributed by atoms with van der Waals surface area (Å²) in [5, 5.41) is 55.9. The van der Waals surface area contributed by atoms with Crippen LogP contribution in [0.1, 0.15) is 17.0 Å². The summed E-state index contributed by atoms with van der Waals surface area (Å²) in [6.07, 6.45) is 0. The van der Waals surface area contributed by atoms with Crippen LogP contribution in [0.25, 0.3) is 5.57 Å². The Bertz CT molecular complexity index is 2030. The van der Waals surface area contributed by atoms with Crippen molar-refractivity contribution in [1.29, 1.82) is 0 Å². The highest BCUT2D eigenvalue weighted by atomic mass is 16.3. The van der Waals surface area contributed by atoms with Crippen molar-refractivity contribution < 1.29 is 30.3 Å². The van der Waals surface area contributed by atoms with E-state index in [0.717, 1.165) is 22.7 Å². The molecule has 0 amide bonds. The van der Waals surface area contributed by atoms with Gasteiger partial charge in [0, 0.05) is 47.0 Å². The van der Waals surface area contributed by atoms with Crippen molar-refractivity contribution in [1.82, 2.24) is 0 Å². The number of benzene rings is 6. The topological polar surface area (TPSA) is 125 Å². The van der Waals surface area contributed by atoms with Gasteiger partial charge in [-0.3, -0.25) is 4.79 Å². The van der Waals surface area contributed by atoms with E-state index >= 15 is 0 Å². The van der Waals surface area contributed by atoms with E-state index in [2.05, 4.69) is 0 Å². The van der Waals surface area contributed by atoms with Gasteiger partial charge in [-0.15, -0.1) is 0 Å². The number of hydrogen-bond acceptors (Lipinski definition) is 8. The number of phenols is 4. The van der Waals surface area contributed by atoms with Gasteiger partial charge in [-0.2, -0.15) is 0 Å². The number of aliphatic hydroxyl groups is 1. The molecule has 48 heavy (non-hydrogen) atoms. The molecule has 236 valence electrons. The number of allylic oxidation sites excluding steroid dienone is 2. The lowest BCUT2D eigenvalue weighted by Crippen LogP contribution is -2.29. The molecule has 7 rings (SSSR count). The number of anilines is 6. The number of phenolic OH excluding ortho intramolecular Hbond substituents is 4. The van der Waals surface area contributed by atoms with Crippen LogP contribution in [0.2, 0.25) is 0 Å². The summed E-state index contributed by atoms with van der Waals surface area (Å²) in [5.41, 5.74) is 3.20. The van der Waals surface area contributed by atoms with Gasteiger partial charge in [0.25, 0.3) is 0 Å². The van der Waals surface area contributed by atoms with Gasteiger partial charge in [0.1, 0.15) is 34.7 Å². The molecule has 5 N–H and O–H groups in total. The van der Waals surface area contributed by atoms with Crippen LogP contribution in [0.5, 0.6) is 23.0 Å². The molecular weight excluding hydrogens is 604 g/mol. The fourth-order valence-electron chi connectivity index (χ4n) is 6.20. The van der Waals surface area contributed by atoms with Crippen LogP contribution < -0.4 is 9.80 Å². The minimum Gasteiger partial charge on any atom is -0.510 e. The first-order valence-electron chi connectivity index (χ1n) is 15.2. The van der Waals surface area contributed by atoms with Gasteiger partial charge in [-0.1, -0.05) is 72.8 Å². The molecule has 1 atom stereocenters. The van der Waals surface area contributed by atoms with Gasteiger partial charge in [-0.25, -0.2) is 0 Å². The number of ketones is 1. The molecule has 6 aromatic carbocycles. The zero-order chi connectivity index (χ0) is 33.4. The van der Waals surface area contributed by atoms with Crippen LogP contribution in [0.15, 0.2) is 151 Å². The Labute approximate surface area is 276 Å². The molecule has 0 radical (unpaired) electrons. The highest BCUT2D eigenvalue weighted by molar-refractivity contribution is 6.33. The molecule has 0 spiro atoms. The molecule has 0 aromatic heterocycles. The van der Waals surface area contributed by atoms with E-state index in [-0.39, 0.29) is 16.7 Å². The number of aliphatic hydroxyl groups excluding tert-OH is 1. The third kappa shape index (κ3) is 5.21. The standard InChI is InChI=1S/C40H30N2O6/c43-31-21-29(41(25-13-5-1-6-14-25)26-15-7-2-8-16-26)22-32(44)35(31)37-39(47)38(40(37)48)36-33(45)23-30(24-34(36)46)42(27-17-9-3-10-18-27)28-19-11-4-12-20-28/h1-24,37,43-47H.